The molecular weight excluding hydrogens is 472 g/mol. The van der Waals surface area contributed by atoms with E-state index in [4.69, 9.17) is 9.47 Å². The minimum absolute atomic E-state index is 0. The summed E-state index contributed by atoms with van der Waals surface area (Å²) in [5.74, 6) is 1.01. The third kappa shape index (κ3) is 12.3. The summed E-state index contributed by atoms with van der Waals surface area (Å²) in [6.07, 6.45) is 0. The Hall–Kier alpha value is -1.40. The van der Waals surface area contributed by atoms with Gasteiger partial charge in [-0.25, -0.2) is 16.8 Å². The summed E-state index contributed by atoms with van der Waals surface area (Å²) in [4.78, 5) is -0.518. The number of hydrogen-bond acceptors (Lipinski definition) is 8. The van der Waals surface area contributed by atoms with Crippen molar-refractivity contribution in [2.75, 3.05) is 13.2 Å². The Morgan fingerprint density at radius 3 is 1.16 bits per heavy atom. The van der Waals surface area contributed by atoms with Crippen LogP contribution in [0.5, 0.6) is 11.5 Å². The fourth-order valence-corrected chi connectivity index (χ4v) is 2.76. The molecule has 8 nitrogen and oxygen atoms in total. The number of ether oxygens (including phenoxy) is 2. The Balaban J connectivity index is 0.000000562. The van der Waals surface area contributed by atoms with E-state index in [1.165, 1.54) is 48.5 Å². The van der Waals surface area contributed by atoms with Gasteiger partial charge >= 0.3 is 37.7 Å². The first-order chi connectivity index (χ1) is 13.8. The Morgan fingerprint density at radius 2 is 0.968 bits per heavy atom. The second kappa shape index (κ2) is 13.2. The third-order valence-electron chi connectivity index (χ3n) is 3.20. The summed E-state index contributed by atoms with van der Waals surface area (Å²) in [6, 6.07) is 10.6. The maximum Gasteiger partial charge on any atom is 2.00 e. The molecule has 31 heavy (non-hydrogen) atoms. The third-order valence-corrected chi connectivity index (χ3v) is 4.89. The first kappa shape index (κ1) is 29.6. The number of benzene rings is 2. The van der Waals surface area contributed by atoms with Crippen molar-refractivity contribution in [3.8, 4) is 11.5 Å². The van der Waals surface area contributed by atoms with Crippen molar-refractivity contribution in [3.05, 3.63) is 72.8 Å². The van der Waals surface area contributed by atoms with Gasteiger partial charge in [0.25, 0.3) is 0 Å². The molecule has 11 heteroatoms. The van der Waals surface area contributed by atoms with Gasteiger partial charge in [0.1, 0.15) is 44.9 Å². The molecule has 0 saturated carbocycles. The van der Waals surface area contributed by atoms with Crippen LogP contribution in [0.15, 0.2) is 82.6 Å². The molecule has 0 atom stereocenters. The topological polar surface area (TPSA) is 133 Å². The van der Waals surface area contributed by atoms with Crippen LogP contribution < -0.4 is 9.47 Å². The maximum absolute atomic E-state index is 10.6. The van der Waals surface area contributed by atoms with Crippen LogP contribution in [0.1, 0.15) is 13.8 Å². The fraction of sp³-hybridized carbons (Fsp3) is 0.200. The van der Waals surface area contributed by atoms with Crippen molar-refractivity contribution in [1.82, 2.24) is 0 Å². The predicted molar refractivity (Wildman–Crippen MR) is 115 cm³/mol. The van der Waals surface area contributed by atoms with E-state index >= 15 is 0 Å². The summed E-state index contributed by atoms with van der Waals surface area (Å²) in [7, 11) is -8.75. The van der Waals surface area contributed by atoms with Crippen LogP contribution in [0.3, 0.4) is 0 Å². The van der Waals surface area contributed by atoms with Crippen LogP contribution in [-0.4, -0.2) is 76.9 Å². The van der Waals surface area contributed by atoms with Gasteiger partial charge in [-0.1, -0.05) is 13.2 Å². The molecule has 0 saturated heterocycles. The summed E-state index contributed by atoms with van der Waals surface area (Å²) in [5, 5.41) is 0. The molecule has 0 radical (unpaired) electrons. The van der Waals surface area contributed by atoms with E-state index in [2.05, 4.69) is 13.2 Å². The first-order valence-electron chi connectivity index (χ1n) is 8.45. The van der Waals surface area contributed by atoms with Gasteiger partial charge in [-0.15, -0.1) is 0 Å². The van der Waals surface area contributed by atoms with Gasteiger partial charge < -0.3 is 18.6 Å². The van der Waals surface area contributed by atoms with Gasteiger partial charge in [-0.05, 0) is 73.5 Å². The van der Waals surface area contributed by atoms with E-state index in [-0.39, 0.29) is 47.5 Å². The molecule has 0 N–H and O–H groups in total. The Labute approximate surface area is 213 Å². The molecule has 0 aliphatic heterocycles. The minimum atomic E-state index is -4.37. The molecule has 0 amide bonds. The van der Waals surface area contributed by atoms with Gasteiger partial charge in [0.2, 0.25) is 0 Å². The average molecular weight is 495 g/mol. The quantitative estimate of drug-likeness (QED) is 0.311. The van der Waals surface area contributed by atoms with Crippen LogP contribution in [0.4, 0.5) is 0 Å². The van der Waals surface area contributed by atoms with Crippen LogP contribution >= 0.6 is 0 Å². The molecule has 0 heterocycles. The molecule has 0 aromatic heterocycles. The van der Waals surface area contributed by atoms with Crippen molar-refractivity contribution in [3.63, 3.8) is 0 Å². The Bertz CT molecular complexity index is 986. The molecule has 2 rings (SSSR count). The summed E-state index contributed by atoms with van der Waals surface area (Å²) >= 11 is 0. The van der Waals surface area contributed by atoms with Crippen molar-refractivity contribution in [2.45, 2.75) is 23.6 Å². The van der Waals surface area contributed by atoms with Crippen LogP contribution in [0.25, 0.3) is 0 Å². The average Bonchev–Trinajstić information content (AvgIpc) is 2.64. The summed E-state index contributed by atoms with van der Waals surface area (Å²) in [5.41, 5.74) is 1.71. The monoisotopic (exact) mass is 494 g/mol. The molecule has 2 aromatic carbocycles. The smallest absolute Gasteiger partial charge is 0.744 e. The Kier molecular flexibility index (Phi) is 12.6. The molecule has 2 aromatic rings. The minimum Gasteiger partial charge on any atom is -0.744 e. The second-order valence-electron chi connectivity index (χ2n) is 6.34. The SMILES string of the molecule is C=C(C)COc1ccc(S(=O)(=O)[O-])cc1.C=C(C)COc1ccc(S(=O)(=O)[O-])cc1.[Ca+2]. The normalized spacial score (nSPS) is 10.7. The molecule has 0 spiro atoms. The molecule has 0 bridgehead atoms. The van der Waals surface area contributed by atoms with Crippen LogP contribution in [-0.2, 0) is 20.2 Å². The zero-order valence-electron chi connectivity index (χ0n) is 17.2. The van der Waals surface area contributed by atoms with Gasteiger partial charge in [0.05, 0.1) is 9.79 Å². The maximum atomic E-state index is 10.6. The molecule has 0 aliphatic rings. The van der Waals surface area contributed by atoms with Crippen molar-refractivity contribution in [1.29, 1.82) is 0 Å². The van der Waals surface area contributed by atoms with E-state index < -0.39 is 20.2 Å². The first-order valence-corrected chi connectivity index (χ1v) is 11.3. The number of hydrogen-bond donors (Lipinski definition) is 0. The zero-order valence-corrected chi connectivity index (χ0v) is 21.1. The van der Waals surface area contributed by atoms with Gasteiger partial charge in [-0.3, -0.25) is 0 Å². The molecule has 164 valence electrons. The molecular formula is C20H22CaO8S2. The van der Waals surface area contributed by atoms with E-state index in [1.54, 1.807) is 0 Å². The predicted octanol–water partition coefficient (Wildman–Crippen LogP) is 2.71. The standard InChI is InChI=1S/2C10H12O4S.Ca/c2*1-8(2)7-14-9-3-5-10(6-4-9)15(11,12)13;/h2*3-6H,1,7H2,2H3,(H,11,12,13);/q;;+2/p-2. The van der Waals surface area contributed by atoms with E-state index in [0.29, 0.717) is 24.7 Å². The largest absolute Gasteiger partial charge is 2.00 e. The van der Waals surface area contributed by atoms with Gasteiger partial charge in [0.15, 0.2) is 0 Å². The van der Waals surface area contributed by atoms with Crippen LogP contribution in [0, 0.1) is 0 Å². The van der Waals surface area contributed by atoms with Crippen molar-refractivity contribution >= 4 is 58.0 Å². The molecule has 0 unspecified atom stereocenters. The Morgan fingerprint density at radius 1 is 0.710 bits per heavy atom. The molecule has 0 fully saturated rings. The summed E-state index contributed by atoms with van der Waals surface area (Å²) in [6.45, 7) is 11.7. The van der Waals surface area contributed by atoms with Crippen LogP contribution in [0.2, 0.25) is 0 Å². The fourth-order valence-electron chi connectivity index (χ4n) is 1.82. The van der Waals surface area contributed by atoms with Crippen molar-refractivity contribution < 1.29 is 35.4 Å². The molecule has 0 aliphatic carbocycles. The van der Waals surface area contributed by atoms with Gasteiger partial charge in [-0.2, -0.15) is 0 Å². The van der Waals surface area contributed by atoms with E-state index in [0.717, 1.165) is 11.1 Å². The zero-order chi connectivity index (χ0) is 22.9. The van der Waals surface area contributed by atoms with Gasteiger partial charge in [0, 0.05) is 0 Å². The van der Waals surface area contributed by atoms with E-state index in [1.807, 2.05) is 13.8 Å². The summed E-state index contributed by atoms with van der Waals surface area (Å²) < 4.78 is 74.1. The number of rotatable bonds is 8. The van der Waals surface area contributed by atoms with E-state index in [9.17, 15) is 25.9 Å². The van der Waals surface area contributed by atoms with Crippen molar-refractivity contribution in [2.24, 2.45) is 0 Å². The second-order valence-corrected chi connectivity index (χ2v) is 9.10.